The van der Waals surface area contributed by atoms with Crippen LogP contribution in [0.2, 0.25) is 0 Å². The van der Waals surface area contributed by atoms with Crippen LogP contribution in [0, 0.1) is 5.92 Å². The Hall–Kier alpha value is -0.380. The molecule has 1 saturated carbocycles. The van der Waals surface area contributed by atoms with Gasteiger partial charge in [-0.05, 0) is 31.0 Å². The summed E-state index contributed by atoms with van der Waals surface area (Å²) >= 11 is 3.57. The van der Waals surface area contributed by atoms with Crippen LogP contribution < -0.4 is 0 Å². The molecule has 106 valence electrons. The van der Waals surface area contributed by atoms with Crippen LogP contribution >= 0.6 is 15.9 Å². The summed E-state index contributed by atoms with van der Waals surface area (Å²) in [6, 6.07) is 8.29. The lowest BCUT2D eigenvalue weighted by Crippen LogP contribution is -2.30. The van der Waals surface area contributed by atoms with Crippen LogP contribution in [0.1, 0.15) is 37.7 Å². The summed E-state index contributed by atoms with van der Waals surface area (Å²) in [5, 5.41) is 10.2. The van der Waals surface area contributed by atoms with Crippen LogP contribution in [0.3, 0.4) is 0 Å². The lowest BCUT2D eigenvalue weighted by atomic mass is 10.00. The van der Waals surface area contributed by atoms with Gasteiger partial charge in [0.1, 0.15) is 0 Å². The van der Waals surface area contributed by atoms with Crippen LogP contribution in [0.4, 0.5) is 0 Å². The molecule has 0 heterocycles. The number of rotatable bonds is 6. The molecule has 0 spiro atoms. The van der Waals surface area contributed by atoms with Gasteiger partial charge in [-0.25, -0.2) is 0 Å². The largest absolute Gasteiger partial charge is 0.392 e. The van der Waals surface area contributed by atoms with Gasteiger partial charge in [0.2, 0.25) is 0 Å². The fraction of sp³-hybridized carbons (Fsp3) is 0.625. The third kappa shape index (κ3) is 4.90. The van der Waals surface area contributed by atoms with E-state index in [0.29, 0.717) is 0 Å². The molecule has 0 aromatic heterocycles. The highest BCUT2D eigenvalue weighted by atomic mass is 79.9. The van der Waals surface area contributed by atoms with Crippen molar-refractivity contribution in [2.75, 3.05) is 13.6 Å². The van der Waals surface area contributed by atoms with Crippen molar-refractivity contribution in [3.8, 4) is 0 Å². The Kier molecular flexibility index (Phi) is 5.86. The summed E-state index contributed by atoms with van der Waals surface area (Å²) in [7, 11) is 2.08. The molecule has 1 aromatic carbocycles. The second-order valence-electron chi connectivity index (χ2n) is 5.83. The van der Waals surface area contributed by atoms with Gasteiger partial charge in [0, 0.05) is 17.6 Å². The standard InChI is InChI=1S/C16H24BrNO/c1-18(11-14-8-4-5-9-16(14)17)12-15(19)10-13-6-2-3-7-13/h4-5,8-9,13,15,19H,2-3,6-7,10-12H2,1H3. The Labute approximate surface area is 124 Å². The smallest absolute Gasteiger partial charge is 0.0669 e. The average Bonchev–Trinajstić information content (AvgIpc) is 2.84. The van der Waals surface area contributed by atoms with E-state index >= 15 is 0 Å². The maximum absolute atomic E-state index is 10.2. The highest BCUT2D eigenvalue weighted by Gasteiger charge is 2.19. The predicted molar refractivity (Wildman–Crippen MR) is 83.1 cm³/mol. The summed E-state index contributed by atoms with van der Waals surface area (Å²) < 4.78 is 1.15. The molecule has 0 bridgehead atoms. The Morgan fingerprint density at radius 3 is 2.68 bits per heavy atom. The zero-order valence-corrected chi connectivity index (χ0v) is 13.3. The van der Waals surface area contributed by atoms with Crippen molar-refractivity contribution >= 4 is 15.9 Å². The van der Waals surface area contributed by atoms with Gasteiger partial charge >= 0.3 is 0 Å². The monoisotopic (exact) mass is 325 g/mol. The van der Waals surface area contributed by atoms with E-state index in [4.69, 9.17) is 0 Å². The van der Waals surface area contributed by atoms with Crippen LogP contribution in [0.5, 0.6) is 0 Å². The molecule has 1 aliphatic rings. The molecule has 1 unspecified atom stereocenters. The average molecular weight is 326 g/mol. The first-order valence-corrected chi connectivity index (χ1v) is 8.04. The quantitative estimate of drug-likeness (QED) is 0.859. The first kappa shape index (κ1) is 15.0. The number of hydrogen-bond donors (Lipinski definition) is 1. The molecule has 1 aliphatic carbocycles. The summed E-state index contributed by atoms with van der Waals surface area (Å²) in [6.07, 6.45) is 6.11. The molecule has 2 rings (SSSR count). The van der Waals surface area contributed by atoms with Gasteiger partial charge in [-0.3, -0.25) is 4.90 Å². The van der Waals surface area contributed by atoms with E-state index in [2.05, 4.69) is 46.1 Å². The maximum atomic E-state index is 10.2. The molecule has 0 aliphatic heterocycles. The predicted octanol–water partition coefficient (Wildman–Crippen LogP) is 3.82. The normalized spacial score (nSPS) is 18.1. The zero-order chi connectivity index (χ0) is 13.7. The molecular formula is C16H24BrNO. The molecular weight excluding hydrogens is 302 g/mol. The van der Waals surface area contributed by atoms with Gasteiger partial charge in [-0.2, -0.15) is 0 Å². The number of likely N-dealkylation sites (N-methyl/N-ethyl adjacent to an activating group) is 1. The first-order chi connectivity index (χ1) is 9.15. The van der Waals surface area contributed by atoms with Crippen molar-refractivity contribution < 1.29 is 5.11 Å². The fourth-order valence-electron chi connectivity index (χ4n) is 3.05. The molecule has 2 nitrogen and oxygen atoms in total. The second-order valence-corrected chi connectivity index (χ2v) is 6.68. The van der Waals surface area contributed by atoms with E-state index in [-0.39, 0.29) is 6.10 Å². The Balaban J connectivity index is 1.77. The van der Waals surface area contributed by atoms with E-state index in [0.717, 1.165) is 29.9 Å². The van der Waals surface area contributed by atoms with Crippen molar-refractivity contribution in [2.24, 2.45) is 5.92 Å². The third-order valence-electron chi connectivity index (χ3n) is 4.00. The topological polar surface area (TPSA) is 23.5 Å². The number of aliphatic hydroxyl groups is 1. The summed E-state index contributed by atoms with van der Waals surface area (Å²) in [4.78, 5) is 2.21. The third-order valence-corrected chi connectivity index (χ3v) is 4.77. The molecule has 1 fully saturated rings. The molecule has 0 amide bonds. The minimum absolute atomic E-state index is 0.185. The van der Waals surface area contributed by atoms with Crippen molar-refractivity contribution in [3.63, 3.8) is 0 Å². The van der Waals surface area contributed by atoms with Crippen molar-refractivity contribution in [3.05, 3.63) is 34.3 Å². The Bertz CT molecular complexity index is 390. The van der Waals surface area contributed by atoms with Gasteiger partial charge in [-0.15, -0.1) is 0 Å². The van der Waals surface area contributed by atoms with Crippen LogP contribution in [0.25, 0.3) is 0 Å². The highest BCUT2D eigenvalue weighted by Crippen LogP contribution is 2.28. The Morgan fingerprint density at radius 1 is 1.32 bits per heavy atom. The van der Waals surface area contributed by atoms with Crippen molar-refractivity contribution in [1.29, 1.82) is 0 Å². The van der Waals surface area contributed by atoms with Gasteiger partial charge in [0.25, 0.3) is 0 Å². The van der Waals surface area contributed by atoms with E-state index < -0.39 is 0 Å². The lowest BCUT2D eigenvalue weighted by Gasteiger charge is -2.23. The van der Waals surface area contributed by atoms with Crippen LogP contribution in [0.15, 0.2) is 28.7 Å². The molecule has 0 saturated heterocycles. The highest BCUT2D eigenvalue weighted by molar-refractivity contribution is 9.10. The van der Waals surface area contributed by atoms with E-state index in [1.807, 2.05) is 6.07 Å². The van der Waals surface area contributed by atoms with Gasteiger partial charge in [0.05, 0.1) is 6.10 Å². The number of benzene rings is 1. The van der Waals surface area contributed by atoms with Gasteiger partial charge in [-0.1, -0.05) is 59.8 Å². The van der Waals surface area contributed by atoms with Gasteiger partial charge in [0.15, 0.2) is 0 Å². The first-order valence-electron chi connectivity index (χ1n) is 7.25. The van der Waals surface area contributed by atoms with Crippen molar-refractivity contribution in [2.45, 2.75) is 44.8 Å². The number of aliphatic hydroxyl groups excluding tert-OH is 1. The Morgan fingerprint density at radius 2 is 2.00 bits per heavy atom. The number of nitrogens with zero attached hydrogens (tertiary/aromatic N) is 1. The minimum atomic E-state index is -0.185. The van der Waals surface area contributed by atoms with E-state index in [1.54, 1.807) is 0 Å². The van der Waals surface area contributed by atoms with E-state index in [9.17, 15) is 5.11 Å². The van der Waals surface area contributed by atoms with Crippen molar-refractivity contribution in [1.82, 2.24) is 4.90 Å². The number of hydrogen-bond acceptors (Lipinski definition) is 2. The fourth-order valence-corrected chi connectivity index (χ4v) is 3.46. The van der Waals surface area contributed by atoms with E-state index in [1.165, 1.54) is 31.2 Å². The zero-order valence-electron chi connectivity index (χ0n) is 11.7. The van der Waals surface area contributed by atoms with Crippen LogP contribution in [-0.2, 0) is 6.54 Å². The summed E-state index contributed by atoms with van der Waals surface area (Å²) in [5.41, 5.74) is 1.28. The molecule has 1 aromatic rings. The lowest BCUT2D eigenvalue weighted by molar-refractivity contribution is 0.0993. The summed E-state index contributed by atoms with van der Waals surface area (Å²) in [5.74, 6) is 0.756. The summed E-state index contributed by atoms with van der Waals surface area (Å²) in [6.45, 7) is 1.64. The second kappa shape index (κ2) is 7.41. The molecule has 19 heavy (non-hydrogen) atoms. The molecule has 1 N–H and O–H groups in total. The number of halogens is 1. The molecule has 0 radical (unpaired) electrons. The van der Waals surface area contributed by atoms with Gasteiger partial charge < -0.3 is 5.11 Å². The minimum Gasteiger partial charge on any atom is -0.392 e. The SMILES string of the molecule is CN(Cc1ccccc1Br)CC(O)CC1CCCC1. The maximum Gasteiger partial charge on any atom is 0.0669 e. The molecule has 1 atom stereocenters. The molecule has 3 heteroatoms. The van der Waals surface area contributed by atoms with Crippen LogP contribution in [-0.4, -0.2) is 29.7 Å².